The van der Waals surface area contributed by atoms with Crippen LogP contribution in [0.25, 0.3) is 0 Å². The Morgan fingerprint density at radius 1 is 0.829 bits per heavy atom. The van der Waals surface area contributed by atoms with E-state index >= 15 is 0 Å². The number of ether oxygens (including phenoxy) is 2. The van der Waals surface area contributed by atoms with Crippen LogP contribution in [0.2, 0.25) is 0 Å². The minimum atomic E-state index is -0.558. The Bertz CT molecular complexity index is 1190. The number of hydrogen-bond acceptors (Lipinski definition) is 6. The van der Waals surface area contributed by atoms with Crippen molar-refractivity contribution in [3.05, 3.63) is 71.3 Å². The number of nitrogens with zero attached hydrogens (tertiary/aromatic N) is 1. The maximum absolute atomic E-state index is 13.7. The fourth-order valence-electron chi connectivity index (χ4n) is 5.98. The van der Waals surface area contributed by atoms with Gasteiger partial charge in [-0.1, -0.05) is 42.5 Å². The van der Waals surface area contributed by atoms with Gasteiger partial charge in [0.2, 0.25) is 0 Å². The van der Waals surface area contributed by atoms with E-state index in [-0.39, 0.29) is 29.8 Å². The lowest BCUT2D eigenvalue weighted by Crippen LogP contribution is -2.52. The lowest BCUT2D eigenvalue weighted by atomic mass is 9.71. The molecule has 2 fully saturated rings. The highest BCUT2D eigenvalue weighted by atomic mass is 16.6. The average Bonchev–Trinajstić information content (AvgIpc) is 2.92. The van der Waals surface area contributed by atoms with E-state index in [1.165, 1.54) is 5.56 Å². The molecule has 2 aliphatic heterocycles. The maximum atomic E-state index is 13.7. The third-order valence-corrected chi connectivity index (χ3v) is 7.96. The highest BCUT2D eigenvalue weighted by Gasteiger charge is 2.39. The van der Waals surface area contributed by atoms with Crippen LogP contribution >= 0.6 is 0 Å². The van der Waals surface area contributed by atoms with E-state index in [9.17, 15) is 14.4 Å². The van der Waals surface area contributed by atoms with E-state index in [1.807, 2.05) is 76.8 Å². The third-order valence-electron chi connectivity index (χ3n) is 7.96. The summed E-state index contributed by atoms with van der Waals surface area (Å²) in [6.07, 6.45) is 2.88. The Hall–Kier alpha value is -3.19. The summed E-state index contributed by atoms with van der Waals surface area (Å²) in [7, 11) is 0. The summed E-state index contributed by atoms with van der Waals surface area (Å²) in [5.41, 5.74) is 1.49. The lowest BCUT2D eigenvalue weighted by Gasteiger charge is -2.42. The van der Waals surface area contributed by atoms with Crippen LogP contribution in [-0.4, -0.2) is 59.6 Å². The molecule has 2 aliphatic rings. The third kappa shape index (κ3) is 8.65. The zero-order chi connectivity index (χ0) is 29.8. The molecular formula is C34H46N2O5. The van der Waals surface area contributed by atoms with Gasteiger partial charge in [-0.15, -0.1) is 0 Å². The SMILES string of the molecule is CC(C)(C)OC(=O)c1ccc(CC(=O)C2NCC(C3CCN(C(=O)OC(C)(C)C)CC3)CC2c2ccccc2)cc1. The van der Waals surface area contributed by atoms with E-state index in [0.717, 1.165) is 31.4 Å². The van der Waals surface area contributed by atoms with Crippen LogP contribution in [0.15, 0.2) is 54.6 Å². The van der Waals surface area contributed by atoms with Crippen LogP contribution in [0.3, 0.4) is 0 Å². The predicted octanol–water partition coefficient (Wildman–Crippen LogP) is 6.16. The van der Waals surface area contributed by atoms with Crippen molar-refractivity contribution in [2.24, 2.45) is 11.8 Å². The van der Waals surface area contributed by atoms with Crippen molar-refractivity contribution in [1.29, 1.82) is 0 Å². The highest BCUT2D eigenvalue weighted by Crippen LogP contribution is 2.38. The topological polar surface area (TPSA) is 84.9 Å². The number of carbonyl (C=O) groups is 3. The number of likely N-dealkylation sites (tertiary alicyclic amines) is 1. The number of benzene rings is 2. The van der Waals surface area contributed by atoms with Crippen molar-refractivity contribution < 1.29 is 23.9 Å². The number of piperidine rings is 2. The molecule has 3 atom stereocenters. The molecule has 2 aromatic rings. The first kappa shape index (κ1) is 30.8. The molecule has 2 aromatic carbocycles. The fourth-order valence-corrected chi connectivity index (χ4v) is 5.98. The Morgan fingerprint density at radius 2 is 1.44 bits per heavy atom. The normalized spacial score (nSPS) is 22.2. The summed E-state index contributed by atoms with van der Waals surface area (Å²) in [4.78, 5) is 40.4. The van der Waals surface area contributed by atoms with E-state index in [4.69, 9.17) is 9.47 Å². The van der Waals surface area contributed by atoms with Gasteiger partial charge in [0, 0.05) is 25.4 Å². The van der Waals surface area contributed by atoms with Gasteiger partial charge in [0.05, 0.1) is 11.6 Å². The second-order valence-electron chi connectivity index (χ2n) is 13.5. The Kier molecular flexibility index (Phi) is 9.58. The number of Topliss-reactive ketones (excluding diaryl/α,β-unsaturated/α-hetero) is 1. The summed E-state index contributed by atoms with van der Waals surface area (Å²) in [6, 6.07) is 17.2. The second kappa shape index (κ2) is 12.8. The summed E-state index contributed by atoms with van der Waals surface area (Å²) in [5.74, 6) is 0.785. The highest BCUT2D eigenvalue weighted by molar-refractivity contribution is 5.90. The van der Waals surface area contributed by atoms with Crippen molar-refractivity contribution in [2.45, 2.75) is 90.4 Å². The van der Waals surface area contributed by atoms with Crippen molar-refractivity contribution in [2.75, 3.05) is 19.6 Å². The van der Waals surface area contributed by atoms with Gasteiger partial charge >= 0.3 is 12.1 Å². The zero-order valence-electron chi connectivity index (χ0n) is 25.4. The molecule has 0 saturated carbocycles. The number of ketones is 1. The molecule has 0 spiro atoms. The zero-order valence-corrected chi connectivity index (χ0v) is 25.4. The van der Waals surface area contributed by atoms with Gasteiger partial charge in [0.15, 0.2) is 5.78 Å². The van der Waals surface area contributed by atoms with Crippen LogP contribution in [0, 0.1) is 11.8 Å². The fraction of sp³-hybridized carbons (Fsp3) is 0.559. The molecule has 2 heterocycles. The average molecular weight is 563 g/mol. The van der Waals surface area contributed by atoms with Gasteiger partial charge in [0.1, 0.15) is 11.2 Å². The number of esters is 1. The first-order valence-electron chi connectivity index (χ1n) is 14.9. The molecule has 7 heteroatoms. The maximum Gasteiger partial charge on any atom is 0.410 e. The molecule has 0 aliphatic carbocycles. The Balaban J connectivity index is 1.40. The van der Waals surface area contributed by atoms with Gasteiger partial charge in [-0.25, -0.2) is 9.59 Å². The number of hydrogen-bond donors (Lipinski definition) is 1. The lowest BCUT2D eigenvalue weighted by molar-refractivity contribution is -0.121. The first-order valence-corrected chi connectivity index (χ1v) is 14.9. The molecule has 4 rings (SSSR count). The molecule has 0 radical (unpaired) electrons. The van der Waals surface area contributed by atoms with Crippen molar-refractivity contribution >= 4 is 17.8 Å². The number of carbonyl (C=O) groups excluding carboxylic acids is 3. The van der Waals surface area contributed by atoms with Crippen LogP contribution < -0.4 is 5.32 Å². The Labute approximate surface area is 245 Å². The number of nitrogens with one attached hydrogen (secondary N) is 1. The van der Waals surface area contributed by atoms with Crippen LogP contribution in [0.4, 0.5) is 4.79 Å². The number of rotatable bonds is 6. The molecule has 0 bridgehead atoms. The summed E-state index contributed by atoms with van der Waals surface area (Å²) >= 11 is 0. The van der Waals surface area contributed by atoms with E-state index in [0.29, 0.717) is 36.9 Å². The van der Waals surface area contributed by atoms with Gasteiger partial charge in [-0.2, -0.15) is 0 Å². The van der Waals surface area contributed by atoms with Crippen LogP contribution in [-0.2, 0) is 20.7 Å². The molecule has 3 unspecified atom stereocenters. The second-order valence-corrected chi connectivity index (χ2v) is 13.5. The van der Waals surface area contributed by atoms with Gasteiger partial charge < -0.3 is 19.7 Å². The van der Waals surface area contributed by atoms with E-state index in [2.05, 4.69) is 17.4 Å². The summed E-state index contributed by atoms with van der Waals surface area (Å²) in [6.45, 7) is 13.4. The molecule has 41 heavy (non-hydrogen) atoms. The standard InChI is InChI=1S/C34H46N2O5/c1-33(2,3)40-31(38)26-14-12-23(13-15-26)20-29(37)30-28(25-10-8-7-9-11-25)21-27(22-35-30)24-16-18-36(19-17-24)32(39)41-34(4,5)6/h7-15,24,27-28,30,35H,16-22H2,1-6H3. The number of amides is 1. The molecule has 2 saturated heterocycles. The molecular weight excluding hydrogens is 516 g/mol. The van der Waals surface area contributed by atoms with E-state index < -0.39 is 11.2 Å². The molecule has 222 valence electrons. The summed E-state index contributed by atoms with van der Waals surface area (Å²) < 4.78 is 11.0. The van der Waals surface area contributed by atoms with Gasteiger partial charge in [-0.3, -0.25) is 4.79 Å². The van der Waals surface area contributed by atoms with Crippen LogP contribution in [0.1, 0.15) is 88.2 Å². The molecule has 0 aromatic heterocycles. The summed E-state index contributed by atoms with van der Waals surface area (Å²) in [5, 5.41) is 3.63. The minimum Gasteiger partial charge on any atom is -0.456 e. The Morgan fingerprint density at radius 3 is 2.02 bits per heavy atom. The van der Waals surface area contributed by atoms with E-state index in [1.54, 1.807) is 12.1 Å². The molecule has 1 N–H and O–H groups in total. The van der Waals surface area contributed by atoms with Crippen molar-refractivity contribution in [3.63, 3.8) is 0 Å². The monoisotopic (exact) mass is 562 g/mol. The smallest absolute Gasteiger partial charge is 0.410 e. The quantitative estimate of drug-likeness (QED) is 0.425. The first-order chi connectivity index (χ1) is 19.3. The van der Waals surface area contributed by atoms with Crippen molar-refractivity contribution in [1.82, 2.24) is 10.2 Å². The largest absolute Gasteiger partial charge is 0.456 e. The molecule has 1 amide bonds. The van der Waals surface area contributed by atoms with Gasteiger partial charge in [-0.05, 0) is 102 Å². The molecule has 7 nitrogen and oxygen atoms in total. The minimum absolute atomic E-state index is 0.0763. The van der Waals surface area contributed by atoms with Crippen molar-refractivity contribution in [3.8, 4) is 0 Å². The van der Waals surface area contributed by atoms with Crippen LogP contribution in [0.5, 0.6) is 0 Å². The predicted molar refractivity (Wildman–Crippen MR) is 160 cm³/mol. The van der Waals surface area contributed by atoms with Gasteiger partial charge in [0.25, 0.3) is 0 Å².